The number of amides is 1. The Labute approximate surface area is 242 Å². The smallest absolute Gasteiger partial charge is 0.226 e. The summed E-state index contributed by atoms with van der Waals surface area (Å²) in [7, 11) is 0. The normalized spacial score (nSPS) is 39.5. The van der Waals surface area contributed by atoms with Crippen molar-refractivity contribution in [1.29, 1.82) is 0 Å². The number of halogens is 2. The Kier molecular flexibility index (Phi) is 6.67. The molecule has 8 atom stereocenters. The summed E-state index contributed by atoms with van der Waals surface area (Å²) in [5.41, 5.74) is -3.32. The second-order valence-electron chi connectivity index (χ2n) is 12.9. The van der Waals surface area contributed by atoms with Gasteiger partial charge < -0.3 is 15.5 Å². The molecule has 6 nitrogen and oxygen atoms in total. The summed E-state index contributed by atoms with van der Waals surface area (Å²) < 4.78 is 30.6. The third-order valence-electron chi connectivity index (χ3n) is 10.9. The first-order valence-electron chi connectivity index (χ1n) is 14.4. The van der Waals surface area contributed by atoms with Gasteiger partial charge in [-0.1, -0.05) is 37.6 Å². The third kappa shape index (κ3) is 4.02. The number of hydrogen-bond donors (Lipinski definition) is 3. The van der Waals surface area contributed by atoms with Crippen LogP contribution in [0, 0.1) is 34.4 Å². The Bertz CT molecular complexity index is 1460. The number of aromatic nitrogens is 1. The third-order valence-corrected chi connectivity index (χ3v) is 11.7. The number of thiazole rings is 1. The molecule has 1 aromatic carbocycles. The standard InChI is InChI=1S/C32H36F2N2O4S/c1-18-14-24-23-10-7-20-15-22(37)12-13-29(20,2)31(23,34)26(38)16-30(24,3)32(18,40)25-17-41-28(35-25)36-27(39)11-6-19-4-8-21(33)9-5-19/h4-5,8-9,12-13,15,17-18,23-24,26,38,40H,6-7,10-11,14,16H2,1-3H3,(H,35,36,39)/t18-,23+,24+,26+,29+,30+,31+,32+/m1/s1. The van der Waals surface area contributed by atoms with Gasteiger partial charge in [-0.3, -0.25) is 9.59 Å². The van der Waals surface area contributed by atoms with Crippen LogP contribution in [0.15, 0.2) is 53.4 Å². The number of aliphatic hydroxyl groups excluding tert-OH is 1. The Balaban J connectivity index is 1.24. The highest BCUT2D eigenvalue weighted by atomic mass is 32.1. The van der Waals surface area contributed by atoms with E-state index in [9.17, 15) is 24.2 Å². The molecule has 0 aliphatic heterocycles. The highest BCUT2D eigenvalue weighted by molar-refractivity contribution is 7.13. The highest BCUT2D eigenvalue weighted by Gasteiger charge is 2.74. The van der Waals surface area contributed by atoms with E-state index in [2.05, 4.69) is 10.3 Å². The van der Waals surface area contributed by atoms with Gasteiger partial charge in [0.15, 0.2) is 16.6 Å². The zero-order valence-corrected chi connectivity index (χ0v) is 24.3. The first-order chi connectivity index (χ1) is 19.3. The average Bonchev–Trinajstić information content (AvgIpc) is 3.47. The Morgan fingerprint density at radius 1 is 1.22 bits per heavy atom. The van der Waals surface area contributed by atoms with Crippen LogP contribution < -0.4 is 5.32 Å². The summed E-state index contributed by atoms with van der Waals surface area (Å²) in [5.74, 6) is -1.69. The van der Waals surface area contributed by atoms with E-state index >= 15 is 4.39 Å². The highest BCUT2D eigenvalue weighted by Crippen LogP contribution is 2.72. The molecule has 0 saturated heterocycles. The molecule has 4 aliphatic carbocycles. The fraction of sp³-hybridized carbons (Fsp3) is 0.531. The van der Waals surface area contributed by atoms with Gasteiger partial charge in [-0.15, -0.1) is 11.3 Å². The molecule has 3 saturated carbocycles. The van der Waals surface area contributed by atoms with Crippen molar-refractivity contribution < 1.29 is 28.6 Å². The number of benzene rings is 1. The van der Waals surface area contributed by atoms with Gasteiger partial charge in [-0.2, -0.15) is 0 Å². The lowest BCUT2D eigenvalue weighted by Crippen LogP contribution is -2.68. The lowest BCUT2D eigenvalue weighted by Gasteiger charge is -2.62. The van der Waals surface area contributed by atoms with Gasteiger partial charge >= 0.3 is 0 Å². The van der Waals surface area contributed by atoms with Crippen LogP contribution in [0.3, 0.4) is 0 Å². The molecule has 0 bridgehead atoms. The van der Waals surface area contributed by atoms with Crippen LogP contribution in [0.2, 0.25) is 0 Å². The van der Waals surface area contributed by atoms with Crippen molar-refractivity contribution in [2.24, 2.45) is 28.6 Å². The van der Waals surface area contributed by atoms with Crippen LogP contribution >= 0.6 is 11.3 Å². The molecule has 3 N–H and O–H groups in total. The Morgan fingerprint density at radius 3 is 2.68 bits per heavy atom. The number of carbonyl (C=O) groups excluding carboxylic acids is 2. The number of rotatable bonds is 5. The maximum Gasteiger partial charge on any atom is 0.226 e. The van der Waals surface area contributed by atoms with E-state index in [1.807, 2.05) is 13.8 Å². The van der Waals surface area contributed by atoms with E-state index in [-0.39, 0.29) is 42.2 Å². The number of nitrogens with zero attached hydrogens (tertiary/aromatic N) is 1. The van der Waals surface area contributed by atoms with Crippen molar-refractivity contribution in [3.8, 4) is 0 Å². The van der Waals surface area contributed by atoms with Gasteiger partial charge in [0.1, 0.15) is 11.4 Å². The minimum Gasteiger partial charge on any atom is -0.390 e. The largest absolute Gasteiger partial charge is 0.390 e. The fourth-order valence-electron chi connectivity index (χ4n) is 8.69. The second kappa shape index (κ2) is 9.64. The predicted octanol–water partition coefficient (Wildman–Crippen LogP) is 5.66. The van der Waals surface area contributed by atoms with Gasteiger partial charge in [-0.05, 0) is 80.7 Å². The monoisotopic (exact) mass is 582 g/mol. The van der Waals surface area contributed by atoms with E-state index < -0.39 is 34.1 Å². The number of anilines is 1. The molecule has 41 heavy (non-hydrogen) atoms. The molecule has 1 heterocycles. The van der Waals surface area contributed by atoms with Crippen LogP contribution in [-0.2, 0) is 21.6 Å². The first-order valence-corrected chi connectivity index (χ1v) is 15.2. The number of alkyl halides is 1. The predicted molar refractivity (Wildman–Crippen MR) is 152 cm³/mol. The topological polar surface area (TPSA) is 99.5 Å². The van der Waals surface area contributed by atoms with E-state index in [1.165, 1.54) is 35.6 Å². The summed E-state index contributed by atoms with van der Waals surface area (Å²) in [6.07, 6.45) is 5.56. The molecule has 3 fully saturated rings. The number of fused-ring (bicyclic) bond motifs is 5. The molecule has 2 aromatic rings. The molecular formula is C32H36F2N2O4S. The number of carbonyl (C=O) groups is 2. The lowest BCUT2D eigenvalue weighted by molar-refractivity contribution is -0.223. The van der Waals surface area contributed by atoms with Crippen LogP contribution in [0.1, 0.15) is 64.1 Å². The van der Waals surface area contributed by atoms with Gasteiger partial charge in [0.05, 0.1) is 11.8 Å². The average molecular weight is 583 g/mol. The van der Waals surface area contributed by atoms with Crippen LogP contribution in [0.5, 0.6) is 0 Å². The summed E-state index contributed by atoms with van der Waals surface area (Å²) in [6.45, 7) is 5.68. The zero-order chi connectivity index (χ0) is 29.4. The van der Waals surface area contributed by atoms with Crippen molar-refractivity contribution in [2.45, 2.75) is 76.7 Å². The number of allylic oxidation sites excluding steroid dienone is 4. The van der Waals surface area contributed by atoms with Crippen LogP contribution in [0.4, 0.5) is 13.9 Å². The number of ketones is 1. The number of nitrogens with one attached hydrogen (secondary N) is 1. The SMILES string of the molecule is C[C@@H]1C[C@H]2[C@@H]3CCC4=CC(=O)C=C[C@]4(C)[C@@]3(F)[C@@H](O)C[C@]2(C)[C@@]1(O)c1csc(NC(=O)CCc2ccc(F)cc2)n1. The van der Waals surface area contributed by atoms with Crippen molar-refractivity contribution in [3.05, 3.63) is 70.5 Å². The first kappa shape index (κ1) is 28.4. The summed E-state index contributed by atoms with van der Waals surface area (Å²) in [6, 6.07) is 6.03. The molecule has 9 heteroatoms. The second-order valence-corrected chi connectivity index (χ2v) is 13.7. The minimum atomic E-state index is -1.96. The van der Waals surface area contributed by atoms with Gasteiger partial charge in [0.25, 0.3) is 0 Å². The summed E-state index contributed by atoms with van der Waals surface area (Å²) in [5, 5.41) is 28.9. The number of aliphatic hydroxyl groups is 2. The van der Waals surface area contributed by atoms with Crippen molar-refractivity contribution in [3.63, 3.8) is 0 Å². The fourth-order valence-corrected chi connectivity index (χ4v) is 9.47. The van der Waals surface area contributed by atoms with Crippen LogP contribution in [-0.4, -0.2) is 38.7 Å². The molecule has 6 rings (SSSR count). The molecule has 1 amide bonds. The maximum absolute atomic E-state index is 17.4. The molecule has 218 valence electrons. The van der Waals surface area contributed by atoms with E-state index in [0.717, 1.165) is 11.1 Å². The van der Waals surface area contributed by atoms with E-state index in [1.54, 1.807) is 30.5 Å². The molecule has 1 aromatic heterocycles. The zero-order valence-electron chi connectivity index (χ0n) is 23.5. The maximum atomic E-state index is 17.4. The van der Waals surface area contributed by atoms with Gasteiger partial charge in [0, 0.05) is 28.5 Å². The molecule has 0 spiro atoms. The van der Waals surface area contributed by atoms with Crippen molar-refractivity contribution >= 4 is 28.2 Å². The van der Waals surface area contributed by atoms with E-state index in [0.29, 0.717) is 36.5 Å². The minimum absolute atomic E-state index is 0.0487. The summed E-state index contributed by atoms with van der Waals surface area (Å²) >= 11 is 1.23. The Hall–Kier alpha value is -2.75. The molecular weight excluding hydrogens is 546 g/mol. The quantitative estimate of drug-likeness (QED) is 0.423. The molecule has 0 radical (unpaired) electrons. The molecule has 0 unspecified atom stereocenters. The van der Waals surface area contributed by atoms with Crippen molar-refractivity contribution in [1.82, 2.24) is 4.98 Å². The summed E-state index contributed by atoms with van der Waals surface area (Å²) in [4.78, 5) is 29.4. The van der Waals surface area contributed by atoms with Crippen LogP contribution in [0.25, 0.3) is 0 Å². The van der Waals surface area contributed by atoms with Crippen molar-refractivity contribution in [2.75, 3.05) is 5.32 Å². The van der Waals surface area contributed by atoms with Gasteiger partial charge in [0.2, 0.25) is 5.91 Å². The van der Waals surface area contributed by atoms with Gasteiger partial charge in [-0.25, -0.2) is 13.8 Å². The Morgan fingerprint density at radius 2 is 1.95 bits per heavy atom. The number of aryl methyl sites for hydroxylation is 1. The molecule has 4 aliphatic rings. The lowest BCUT2D eigenvalue weighted by atomic mass is 9.44. The van der Waals surface area contributed by atoms with E-state index in [4.69, 9.17) is 0 Å². The number of hydrogen-bond acceptors (Lipinski definition) is 6.